The molecule has 1 aliphatic heterocycles. The summed E-state index contributed by atoms with van der Waals surface area (Å²) in [6.07, 6.45) is 6.26. The summed E-state index contributed by atoms with van der Waals surface area (Å²) in [5.74, 6) is 1.86. The Labute approximate surface area is 149 Å². The first-order chi connectivity index (χ1) is 12.3. The molecule has 1 aliphatic rings. The van der Waals surface area contributed by atoms with Crippen molar-refractivity contribution in [2.45, 2.75) is 32.9 Å². The maximum Gasteiger partial charge on any atom is 0.191 e. The van der Waals surface area contributed by atoms with Gasteiger partial charge in [-0.3, -0.25) is 4.98 Å². The fourth-order valence-corrected chi connectivity index (χ4v) is 2.83. The maximum absolute atomic E-state index is 4.64. The summed E-state index contributed by atoms with van der Waals surface area (Å²) >= 11 is 0. The average Bonchev–Trinajstić information content (AvgIpc) is 3.20. The Bertz CT molecular complexity index is 662. The first-order valence-electron chi connectivity index (χ1n) is 8.97. The highest BCUT2D eigenvalue weighted by Crippen LogP contribution is 2.17. The van der Waals surface area contributed by atoms with Gasteiger partial charge in [0.25, 0.3) is 0 Å². The van der Waals surface area contributed by atoms with Crippen LogP contribution in [0, 0.1) is 0 Å². The topological polar surface area (TPSA) is 65.4 Å². The molecule has 0 radical (unpaired) electrons. The van der Waals surface area contributed by atoms with E-state index in [0.29, 0.717) is 13.1 Å². The molecule has 0 bridgehead atoms. The van der Waals surface area contributed by atoms with Crippen molar-refractivity contribution < 1.29 is 0 Å². The lowest BCUT2D eigenvalue weighted by Crippen LogP contribution is -2.37. The van der Waals surface area contributed by atoms with Crippen LogP contribution in [-0.4, -0.2) is 35.6 Å². The van der Waals surface area contributed by atoms with Gasteiger partial charge in [-0.05, 0) is 43.5 Å². The Balaban J connectivity index is 1.56. The van der Waals surface area contributed by atoms with E-state index in [9.17, 15) is 0 Å². The van der Waals surface area contributed by atoms with E-state index in [2.05, 4.69) is 49.6 Å². The van der Waals surface area contributed by atoms with Gasteiger partial charge in [-0.2, -0.15) is 0 Å². The average molecular weight is 338 g/mol. The Kier molecular flexibility index (Phi) is 6.20. The molecule has 0 spiro atoms. The highest BCUT2D eigenvalue weighted by Gasteiger charge is 2.12. The number of hydrogen-bond acceptors (Lipinski definition) is 4. The van der Waals surface area contributed by atoms with E-state index in [1.165, 1.54) is 12.8 Å². The van der Waals surface area contributed by atoms with E-state index in [4.69, 9.17) is 0 Å². The van der Waals surface area contributed by atoms with Crippen LogP contribution in [0.2, 0.25) is 0 Å². The molecule has 25 heavy (non-hydrogen) atoms. The third-order valence-corrected chi connectivity index (χ3v) is 4.17. The highest BCUT2D eigenvalue weighted by atomic mass is 15.2. The van der Waals surface area contributed by atoms with E-state index in [0.717, 1.165) is 42.7 Å². The SMILES string of the molecule is CCNC(=NCc1ccc(N2CCCC2)nc1)NCc1ccccn1. The molecule has 0 amide bonds. The van der Waals surface area contributed by atoms with Gasteiger partial charge in [0.1, 0.15) is 5.82 Å². The first kappa shape index (κ1) is 17.2. The second-order valence-corrected chi connectivity index (χ2v) is 6.09. The summed E-state index contributed by atoms with van der Waals surface area (Å²) in [5.41, 5.74) is 2.10. The Morgan fingerprint density at radius 2 is 2.00 bits per heavy atom. The lowest BCUT2D eigenvalue weighted by molar-refractivity contribution is 0.799. The molecule has 1 saturated heterocycles. The van der Waals surface area contributed by atoms with Crippen molar-refractivity contribution in [1.82, 2.24) is 20.6 Å². The number of hydrogen-bond donors (Lipinski definition) is 2. The lowest BCUT2D eigenvalue weighted by atomic mass is 10.3. The van der Waals surface area contributed by atoms with Gasteiger partial charge in [0, 0.05) is 32.0 Å². The quantitative estimate of drug-likeness (QED) is 0.625. The molecule has 0 aliphatic carbocycles. The zero-order valence-corrected chi connectivity index (χ0v) is 14.8. The molecular formula is C19H26N6. The minimum atomic E-state index is 0.602. The summed E-state index contributed by atoms with van der Waals surface area (Å²) < 4.78 is 0. The molecule has 1 fully saturated rings. The molecule has 0 atom stereocenters. The van der Waals surface area contributed by atoms with E-state index in [-0.39, 0.29) is 0 Å². The molecule has 3 heterocycles. The molecule has 2 N–H and O–H groups in total. The van der Waals surface area contributed by atoms with Crippen LogP contribution < -0.4 is 15.5 Å². The third-order valence-electron chi connectivity index (χ3n) is 4.17. The number of anilines is 1. The number of guanidine groups is 1. The number of rotatable bonds is 6. The summed E-state index contributed by atoms with van der Waals surface area (Å²) in [6, 6.07) is 10.1. The van der Waals surface area contributed by atoms with Gasteiger partial charge in [0.05, 0.1) is 18.8 Å². The van der Waals surface area contributed by atoms with E-state index in [1.807, 2.05) is 24.4 Å². The standard InChI is InChI=1S/C19H26N6/c1-2-20-19(24-15-17-7-3-4-10-21-17)23-14-16-8-9-18(22-13-16)25-11-5-6-12-25/h3-4,7-10,13H,2,5-6,11-12,14-15H2,1H3,(H2,20,23,24). The minimum Gasteiger partial charge on any atom is -0.357 e. The monoisotopic (exact) mass is 338 g/mol. The number of aromatic nitrogens is 2. The molecule has 0 saturated carbocycles. The van der Waals surface area contributed by atoms with Gasteiger partial charge >= 0.3 is 0 Å². The van der Waals surface area contributed by atoms with Crippen LogP contribution in [-0.2, 0) is 13.1 Å². The zero-order chi connectivity index (χ0) is 17.3. The zero-order valence-electron chi connectivity index (χ0n) is 14.8. The van der Waals surface area contributed by atoms with Gasteiger partial charge in [0.2, 0.25) is 0 Å². The van der Waals surface area contributed by atoms with E-state index >= 15 is 0 Å². The van der Waals surface area contributed by atoms with Crippen LogP contribution in [0.3, 0.4) is 0 Å². The Morgan fingerprint density at radius 1 is 1.12 bits per heavy atom. The Morgan fingerprint density at radius 3 is 2.68 bits per heavy atom. The summed E-state index contributed by atoms with van der Waals surface area (Å²) in [5, 5.41) is 6.57. The highest BCUT2D eigenvalue weighted by molar-refractivity contribution is 5.79. The van der Waals surface area contributed by atoms with E-state index in [1.54, 1.807) is 6.20 Å². The molecule has 6 nitrogen and oxygen atoms in total. The predicted octanol–water partition coefficient (Wildman–Crippen LogP) is 2.33. The second kappa shape index (κ2) is 9.01. The summed E-state index contributed by atoms with van der Waals surface area (Å²) in [7, 11) is 0. The summed E-state index contributed by atoms with van der Waals surface area (Å²) in [4.78, 5) is 15.9. The van der Waals surface area contributed by atoms with Gasteiger partial charge < -0.3 is 15.5 Å². The molecule has 0 unspecified atom stereocenters. The number of aliphatic imine (C=N–C) groups is 1. The smallest absolute Gasteiger partial charge is 0.191 e. The van der Waals surface area contributed by atoms with Crippen molar-refractivity contribution >= 4 is 11.8 Å². The molecule has 6 heteroatoms. The van der Waals surface area contributed by atoms with Crippen LogP contribution in [0.4, 0.5) is 5.82 Å². The van der Waals surface area contributed by atoms with Crippen LogP contribution in [0.1, 0.15) is 31.0 Å². The molecule has 0 aromatic carbocycles. The molecule has 3 rings (SSSR count). The van der Waals surface area contributed by atoms with Gasteiger partial charge in [-0.15, -0.1) is 0 Å². The minimum absolute atomic E-state index is 0.602. The van der Waals surface area contributed by atoms with Crippen molar-refractivity contribution in [2.24, 2.45) is 4.99 Å². The first-order valence-corrected chi connectivity index (χ1v) is 8.97. The van der Waals surface area contributed by atoms with E-state index < -0.39 is 0 Å². The molecule has 2 aromatic heterocycles. The van der Waals surface area contributed by atoms with Crippen molar-refractivity contribution in [3.8, 4) is 0 Å². The van der Waals surface area contributed by atoms with Crippen molar-refractivity contribution in [2.75, 3.05) is 24.5 Å². The van der Waals surface area contributed by atoms with Gasteiger partial charge in [0.15, 0.2) is 5.96 Å². The van der Waals surface area contributed by atoms with Gasteiger partial charge in [-0.1, -0.05) is 12.1 Å². The largest absolute Gasteiger partial charge is 0.357 e. The second-order valence-electron chi connectivity index (χ2n) is 6.09. The molecular weight excluding hydrogens is 312 g/mol. The fourth-order valence-electron chi connectivity index (χ4n) is 2.83. The lowest BCUT2D eigenvalue weighted by Gasteiger charge is -2.16. The van der Waals surface area contributed by atoms with Crippen LogP contribution in [0.15, 0.2) is 47.7 Å². The third kappa shape index (κ3) is 5.17. The molecule has 132 valence electrons. The van der Waals surface area contributed by atoms with Crippen LogP contribution in [0.5, 0.6) is 0 Å². The van der Waals surface area contributed by atoms with Crippen LogP contribution >= 0.6 is 0 Å². The number of pyridine rings is 2. The van der Waals surface area contributed by atoms with Gasteiger partial charge in [-0.25, -0.2) is 9.98 Å². The van der Waals surface area contributed by atoms with Crippen molar-refractivity contribution in [1.29, 1.82) is 0 Å². The fraction of sp³-hybridized carbons (Fsp3) is 0.421. The maximum atomic E-state index is 4.64. The molecule has 2 aromatic rings. The number of nitrogens with one attached hydrogen (secondary N) is 2. The van der Waals surface area contributed by atoms with Crippen molar-refractivity contribution in [3.05, 3.63) is 54.0 Å². The number of nitrogens with zero attached hydrogens (tertiary/aromatic N) is 4. The van der Waals surface area contributed by atoms with Crippen molar-refractivity contribution in [3.63, 3.8) is 0 Å². The predicted molar refractivity (Wildman–Crippen MR) is 102 cm³/mol. The Hall–Kier alpha value is -2.63. The summed E-state index contributed by atoms with van der Waals surface area (Å²) in [6.45, 7) is 6.37. The van der Waals surface area contributed by atoms with Crippen LogP contribution in [0.25, 0.3) is 0 Å². The normalized spacial score (nSPS) is 14.6.